The van der Waals surface area contributed by atoms with Crippen molar-refractivity contribution in [1.29, 1.82) is 0 Å². The van der Waals surface area contributed by atoms with E-state index in [2.05, 4.69) is 15.8 Å². The van der Waals surface area contributed by atoms with Gasteiger partial charge in [-0.05, 0) is 37.8 Å². The van der Waals surface area contributed by atoms with Gasteiger partial charge in [0.05, 0.1) is 7.11 Å². The zero-order chi connectivity index (χ0) is 17.9. The number of carbonyl (C=O) groups is 2. The number of amides is 2. The fourth-order valence-corrected chi connectivity index (χ4v) is 2.73. The molecule has 0 saturated heterocycles. The number of nitrogens with zero attached hydrogens (tertiary/aromatic N) is 1. The summed E-state index contributed by atoms with van der Waals surface area (Å²) in [5.74, 6) is 1.13. The van der Waals surface area contributed by atoms with Gasteiger partial charge < -0.3 is 19.9 Å². The van der Waals surface area contributed by atoms with Crippen molar-refractivity contribution in [1.82, 2.24) is 10.5 Å². The molecule has 0 unspecified atom stereocenters. The molecule has 1 aliphatic carbocycles. The Balaban J connectivity index is 1.54. The minimum Gasteiger partial charge on any atom is -0.496 e. The van der Waals surface area contributed by atoms with Gasteiger partial charge in [0.25, 0.3) is 0 Å². The molecule has 0 spiro atoms. The molecular formula is C18H21N3O4. The second-order valence-corrected chi connectivity index (χ2v) is 6.18. The average molecular weight is 343 g/mol. The Morgan fingerprint density at radius 3 is 2.68 bits per heavy atom. The number of aryl methyl sites for hydroxylation is 1. The van der Waals surface area contributed by atoms with E-state index in [-0.39, 0.29) is 11.8 Å². The van der Waals surface area contributed by atoms with Crippen molar-refractivity contribution in [3.63, 3.8) is 0 Å². The quantitative estimate of drug-likeness (QED) is 0.751. The fourth-order valence-electron chi connectivity index (χ4n) is 2.73. The van der Waals surface area contributed by atoms with Gasteiger partial charge >= 0.3 is 0 Å². The van der Waals surface area contributed by atoms with Crippen molar-refractivity contribution in [3.8, 4) is 5.75 Å². The van der Waals surface area contributed by atoms with Crippen molar-refractivity contribution in [2.75, 3.05) is 19.0 Å². The summed E-state index contributed by atoms with van der Waals surface area (Å²) in [7, 11) is 1.62. The van der Waals surface area contributed by atoms with Gasteiger partial charge in [-0.15, -0.1) is 0 Å². The summed E-state index contributed by atoms with van der Waals surface area (Å²) >= 11 is 0. The van der Waals surface area contributed by atoms with Gasteiger partial charge in [0, 0.05) is 12.6 Å². The molecule has 132 valence electrons. The predicted octanol–water partition coefficient (Wildman–Crippen LogP) is 2.07. The number of hydrogen-bond acceptors (Lipinski definition) is 5. The van der Waals surface area contributed by atoms with Crippen molar-refractivity contribution < 1.29 is 18.8 Å². The number of aromatic nitrogens is 1. The standard InChI is InChI=1S/C18H21N3O4/c1-12-11-15(21-25-12)20-17(23)18(8-9-18)16(22)19-10-7-13-5-3-4-6-14(13)24-2/h3-6,11H,7-10H2,1-2H3,(H,19,22)(H,20,21,23). The van der Waals surface area contributed by atoms with Gasteiger partial charge in [0.1, 0.15) is 16.9 Å². The maximum absolute atomic E-state index is 12.5. The lowest BCUT2D eigenvalue weighted by atomic mass is 10.0. The molecule has 7 nitrogen and oxygen atoms in total. The first-order chi connectivity index (χ1) is 12.0. The van der Waals surface area contributed by atoms with Crippen LogP contribution in [0.5, 0.6) is 5.75 Å². The topological polar surface area (TPSA) is 93.5 Å². The summed E-state index contributed by atoms with van der Waals surface area (Å²) in [5.41, 5.74) is 0.0193. The van der Waals surface area contributed by atoms with Crippen LogP contribution in [0.1, 0.15) is 24.2 Å². The molecule has 1 fully saturated rings. The smallest absolute Gasteiger partial charge is 0.241 e. The highest BCUT2D eigenvalue weighted by Crippen LogP contribution is 2.46. The molecule has 0 aliphatic heterocycles. The van der Waals surface area contributed by atoms with Crippen LogP contribution in [0, 0.1) is 12.3 Å². The third kappa shape index (κ3) is 3.65. The maximum atomic E-state index is 12.5. The minimum atomic E-state index is -0.992. The maximum Gasteiger partial charge on any atom is 0.241 e. The van der Waals surface area contributed by atoms with E-state index < -0.39 is 5.41 Å². The van der Waals surface area contributed by atoms with Gasteiger partial charge in [-0.25, -0.2) is 0 Å². The number of para-hydroxylation sites is 1. The van der Waals surface area contributed by atoms with Crippen molar-refractivity contribution in [2.24, 2.45) is 5.41 Å². The van der Waals surface area contributed by atoms with Gasteiger partial charge in [-0.2, -0.15) is 0 Å². The molecule has 1 aromatic heterocycles. The molecule has 2 aromatic rings. The van der Waals surface area contributed by atoms with E-state index in [0.29, 0.717) is 37.4 Å². The van der Waals surface area contributed by atoms with Crippen LogP contribution in [-0.4, -0.2) is 30.6 Å². The number of methoxy groups -OCH3 is 1. The second kappa shape index (κ2) is 6.96. The fraction of sp³-hybridized carbons (Fsp3) is 0.389. The van der Waals surface area contributed by atoms with Crippen molar-refractivity contribution in [3.05, 3.63) is 41.7 Å². The van der Waals surface area contributed by atoms with E-state index in [4.69, 9.17) is 9.26 Å². The largest absolute Gasteiger partial charge is 0.496 e. The van der Waals surface area contributed by atoms with Crippen molar-refractivity contribution in [2.45, 2.75) is 26.2 Å². The SMILES string of the molecule is COc1ccccc1CCNC(=O)C1(C(=O)Nc2cc(C)on2)CC1. The minimum absolute atomic E-state index is 0.250. The normalized spacial score (nSPS) is 14.6. The molecule has 1 aliphatic rings. The summed E-state index contributed by atoms with van der Waals surface area (Å²) in [5, 5.41) is 9.23. The van der Waals surface area contributed by atoms with E-state index in [1.807, 2.05) is 24.3 Å². The second-order valence-electron chi connectivity index (χ2n) is 6.18. The Labute approximate surface area is 145 Å². The van der Waals surface area contributed by atoms with Crippen LogP contribution in [-0.2, 0) is 16.0 Å². The number of carbonyl (C=O) groups excluding carboxylic acids is 2. The molecule has 7 heteroatoms. The number of nitrogens with one attached hydrogen (secondary N) is 2. The molecule has 25 heavy (non-hydrogen) atoms. The molecule has 2 amide bonds. The monoisotopic (exact) mass is 343 g/mol. The summed E-state index contributed by atoms with van der Waals surface area (Å²) < 4.78 is 10.2. The van der Waals surface area contributed by atoms with Gasteiger partial charge in [-0.3, -0.25) is 9.59 Å². The van der Waals surface area contributed by atoms with E-state index in [1.54, 1.807) is 20.1 Å². The van der Waals surface area contributed by atoms with Gasteiger partial charge in [0.2, 0.25) is 11.8 Å². The van der Waals surface area contributed by atoms with Crippen LogP contribution < -0.4 is 15.4 Å². The Hall–Kier alpha value is -2.83. The molecule has 1 aromatic carbocycles. The van der Waals surface area contributed by atoms with Gasteiger partial charge in [-0.1, -0.05) is 23.4 Å². The molecule has 0 radical (unpaired) electrons. The molecule has 1 heterocycles. The summed E-state index contributed by atoms with van der Waals surface area (Å²) in [6.07, 6.45) is 1.71. The molecular weight excluding hydrogens is 322 g/mol. The van der Waals surface area contributed by atoms with E-state index in [1.165, 1.54) is 0 Å². The van der Waals surface area contributed by atoms with Crippen LogP contribution in [0.2, 0.25) is 0 Å². The number of ether oxygens (including phenoxy) is 1. The number of hydrogen-bond donors (Lipinski definition) is 2. The van der Waals surface area contributed by atoms with E-state index >= 15 is 0 Å². The molecule has 1 saturated carbocycles. The summed E-state index contributed by atoms with van der Waals surface area (Å²) in [6.45, 7) is 2.18. The molecule has 0 bridgehead atoms. The van der Waals surface area contributed by atoms with Gasteiger partial charge in [0.15, 0.2) is 5.82 Å². The lowest BCUT2D eigenvalue weighted by molar-refractivity contribution is -0.134. The van der Waals surface area contributed by atoms with Crippen LogP contribution >= 0.6 is 0 Å². The molecule has 0 atom stereocenters. The molecule has 3 rings (SSSR count). The average Bonchev–Trinajstić information content (AvgIpc) is 3.33. The molecule has 2 N–H and O–H groups in total. The lowest BCUT2D eigenvalue weighted by Crippen LogP contribution is -2.40. The number of anilines is 1. The summed E-state index contributed by atoms with van der Waals surface area (Å²) in [4.78, 5) is 24.9. The van der Waals surface area contributed by atoms with Crippen LogP contribution in [0.4, 0.5) is 5.82 Å². The summed E-state index contributed by atoms with van der Waals surface area (Å²) in [6, 6.07) is 9.28. The van der Waals surface area contributed by atoms with E-state index in [9.17, 15) is 9.59 Å². The Bertz CT molecular complexity index is 780. The first-order valence-electron chi connectivity index (χ1n) is 8.20. The highest BCUT2D eigenvalue weighted by molar-refractivity contribution is 6.12. The first kappa shape index (κ1) is 17.0. The Kier molecular flexibility index (Phi) is 4.74. The zero-order valence-corrected chi connectivity index (χ0v) is 14.3. The first-order valence-corrected chi connectivity index (χ1v) is 8.20. The zero-order valence-electron chi connectivity index (χ0n) is 14.3. The van der Waals surface area contributed by atoms with Crippen LogP contribution in [0.15, 0.2) is 34.9 Å². The Morgan fingerprint density at radius 2 is 2.04 bits per heavy atom. The third-order valence-corrected chi connectivity index (χ3v) is 4.36. The number of rotatable bonds is 7. The van der Waals surface area contributed by atoms with E-state index in [0.717, 1.165) is 11.3 Å². The highest BCUT2D eigenvalue weighted by atomic mass is 16.5. The van der Waals surface area contributed by atoms with Crippen LogP contribution in [0.3, 0.4) is 0 Å². The van der Waals surface area contributed by atoms with Crippen LogP contribution in [0.25, 0.3) is 0 Å². The third-order valence-electron chi connectivity index (χ3n) is 4.36. The Morgan fingerprint density at radius 1 is 1.28 bits per heavy atom. The highest BCUT2D eigenvalue weighted by Gasteiger charge is 2.56. The number of benzene rings is 1. The van der Waals surface area contributed by atoms with Crippen molar-refractivity contribution >= 4 is 17.6 Å². The predicted molar refractivity (Wildman–Crippen MR) is 91.2 cm³/mol. The lowest BCUT2D eigenvalue weighted by Gasteiger charge is -2.15.